The fourth-order valence-corrected chi connectivity index (χ4v) is 4.83. The highest BCUT2D eigenvalue weighted by molar-refractivity contribution is 5.84. The number of benzene rings is 2. The topological polar surface area (TPSA) is 70.1 Å². The van der Waals surface area contributed by atoms with Crippen LogP contribution >= 0.6 is 0 Å². The van der Waals surface area contributed by atoms with Crippen LogP contribution in [0.5, 0.6) is 0 Å². The third kappa shape index (κ3) is 3.96. The van der Waals surface area contributed by atoms with Gasteiger partial charge in [-0.3, -0.25) is 9.88 Å². The molecule has 34 heavy (non-hydrogen) atoms. The summed E-state index contributed by atoms with van der Waals surface area (Å²) < 4.78 is 29.1. The van der Waals surface area contributed by atoms with E-state index in [0.29, 0.717) is 36.6 Å². The number of nitrogens with one attached hydrogen (secondary N) is 1. The molecule has 5 rings (SSSR count). The molecule has 0 saturated carbocycles. The first-order valence-electron chi connectivity index (χ1n) is 11.3. The van der Waals surface area contributed by atoms with E-state index in [1.165, 1.54) is 24.3 Å². The van der Waals surface area contributed by atoms with Crippen LogP contribution in [0.15, 0.2) is 53.3 Å². The number of H-pyrrole nitrogens is 1. The molecular weight excluding hydrogens is 438 g/mol. The molecule has 1 N–H and O–H groups in total. The maximum atomic E-state index is 13.6. The van der Waals surface area contributed by atoms with Crippen molar-refractivity contribution in [2.45, 2.75) is 25.9 Å². The number of imidazole rings is 1. The number of hydrogen-bond donors (Lipinski definition) is 1. The Labute approximate surface area is 195 Å². The molecule has 1 saturated heterocycles. The number of piperazine rings is 1. The lowest BCUT2D eigenvalue weighted by Gasteiger charge is -2.44. The number of fused-ring (bicyclic) bond motifs is 1. The molecule has 0 spiro atoms. The van der Waals surface area contributed by atoms with Gasteiger partial charge >= 0.3 is 5.69 Å². The third-order valence-corrected chi connectivity index (χ3v) is 6.63. The first kappa shape index (κ1) is 22.2. The molecule has 0 amide bonds. The number of hydrogen-bond acceptors (Lipinski definition) is 5. The SMILES string of the molecule is Cc1nc2c(N3CCN(C(c4ccc(F)cc4)c4ccc(F)cc4)CC3C)nc(=O)[nH]c2n1C. The van der Waals surface area contributed by atoms with Crippen LogP contribution < -0.4 is 10.6 Å². The zero-order valence-electron chi connectivity index (χ0n) is 19.3. The predicted molar refractivity (Wildman–Crippen MR) is 127 cm³/mol. The number of nitrogens with zero attached hydrogens (tertiary/aromatic N) is 5. The molecule has 1 aliphatic heterocycles. The maximum absolute atomic E-state index is 13.6. The molecule has 7 nitrogen and oxygen atoms in total. The Morgan fingerprint density at radius 1 is 0.971 bits per heavy atom. The highest BCUT2D eigenvalue weighted by Crippen LogP contribution is 2.33. The molecule has 0 aliphatic carbocycles. The molecular formula is C25H26F2N6O. The molecule has 9 heteroatoms. The predicted octanol–water partition coefficient (Wildman–Crippen LogP) is 3.54. The van der Waals surface area contributed by atoms with Gasteiger partial charge in [0.15, 0.2) is 5.82 Å². The molecule has 4 aromatic rings. The van der Waals surface area contributed by atoms with E-state index in [2.05, 4.69) is 31.7 Å². The van der Waals surface area contributed by atoms with Crippen LogP contribution in [0.1, 0.15) is 29.9 Å². The first-order chi connectivity index (χ1) is 16.3. The summed E-state index contributed by atoms with van der Waals surface area (Å²) in [6.45, 7) is 5.94. The van der Waals surface area contributed by atoms with Crippen LogP contribution in [0, 0.1) is 18.6 Å². The normalized spacial score (nSPS) is 17.1. The van der Waals surface area contributed by atoms with Gasteiger partial charge in [-0.1, -0.05) is 24.3 Å². The second-order valence-electron chi connectivity index (χ2n) is 8.82. The molecule has 1 fully saturated rings. The molecule has 0 bridgehead atoms. The molecule has 0 radical (unpaired) electrons. The zero-order chi connectivity index (χ0) is 24.0. The van der Waals surface area contributed by atoms with Crippen molar-refractivity contribution >= 4 is 17.0 Å². The number of anilines is 1. The molecule has 1 atom stereocenters. The average molecular weight is 465 g/mol. The summed E-state index contributed by atoms with van der Waals surface area (Å²) in [5.41, 5.74) is 2.79. The highest BCUT2D eigenvalue weighted by atomic mass is 19.1. The lowest BCUT2D eigenvalue weighted by atomic mass is 9.95. The van der Waals surface area contributed by atoms with Crippen molar-refractivity contribution in [2.75, 3.05) is 24.5 Å². The second kappa shape index (κ2) is 8.64. The summed E-state index contributed by atoms with van der Waals surface area (Å²) >= 11 is 0. The Balaban J connectivity index is 1.49. The number of aromatic nitrogens is 4. The first-order valence-corrected chi connectivity index (χ1v) is 11.3. The smallest absolute Gasteiger partial charge is 0.348 e. The van der Waals surface area contributed by atoms with Gasteiger partial charge in [0.05, 0.1) is 6.04 Å². The van der Waals surface area contributed by atoms with E-state index in [0.717, 1.165) is 17.0 Å². The summed E-state index contributed by atoms with van der Waals surface area (Å²) in [6.07, 6.45) is 0. The van der Waals surface area contributed by atoms with Gasteiger partial charge in [-0.2, -0.15) is 4.98 Å². The Bertz CT molecular complexity index is 1330. The Hall–Kier alpha value is -3.59. The molecule has 3 heterocycles. The Kier molecular flexibility index (Phi) is 5.65. The number of aryl methyl sites for hydroxylation is 2. The summed E-state index contributed by atoms with van der Waals surface area (Å²) in [5.74, 6) is 0.776. The Morgan fingerprint density at radius 2 is 1.56 bits per heavy atom. The van der Waals surface area contributed by atoms with E-state index in [4.69, 9.17) is 0 Å². The van der Waals surface area contributed by atoms with Gasteiger partial charge in [-0.05, 0) is 49.2 Å². The van der Waals surface area contributed by atoms with Crippen LogP contribution in [-0.2, 0) is 7.05 Å². The monoisotopic (exact) mass is 464 g/mol. The van der Waals surface area contributed by atoms with E-state index in [1.807, 2.05) is 18.5 Å². The minimum atomic E-state index is -0.407. The summed E-state index contributed by atoms with van der Waals surface area (Å²) in [4.78, 5) is 28.4. The maximum Gasteiger partial charge on any atom is 0.348 e. The Morgan fingerprint density at radius 3 is 2.12 bits per heavy atom. The van der Waals surface area contributed by atoms with Crippen LogP contribution in [0.2, 0.25) is 0 Å². The lowest BCUT2D eigenvalue weighted by Crippen LogP contribution is -2.53. The lowest BCUT2D eigenvalue weighted by molar-refractivity contribution is 0.187. The molecule has 2 aromatic heterocycles. The van der Waals surface area contributed by atoms with E-state index < -0.39 is 5.69 Å². The van der Waals surface area contributed by atoms with Gasteiger partial charge in [-0.25, -0.2) is 18.6 Å². The van der Waals surface area contributed by atoms with Crippen LogP contribution in [0.3, 0.4) is 0 Å². The fourth-order valence-electron chi connectivity index (χ4n) is 4.83. The number of rotatable bonds is 4. The van der Waals surface area contributed by atoms with Crippen LogP contribution in [0.25, 0.3) is 11.2 Å². The zero-order valence-corrected chi connectivity index (χ0v) is 19.3. The minimum Gasteiger partial charge on any atom is -0.349 e. The molecule has 2 aromatic carbocycles. The largest absolute Gasteiger partial charge is 0.349 e. The summed E-state index contributed by atoms with van der Waals surface area (Å²) in [5, 5.41) is 0. The van der Waals surface area contributed by atoms with Gasteiger partial charge < -0.3 is 9.47 Å². The standard InChI is InChI=1S/C25H26F2N6O/c1-15-14-32(22(17-4-8-19(26)9-5-17)18-6-10-20(27)11-7-18)12-13-33(15)24-21-23(29-25(34)30-24)31(3)16(2)28-21/h4-11,15,22H,12-14H2,1-3H3,(H,29,30,34). The molecule has 176 valence electrons. The van der Waals surface area contributed by atoms with Gasteiger partial charge in [0, 0.05) is 32.7 Å². The van der Waals surface area contributed by atoms with Gasteiger partial charge in [-0.15, -0.1) is 0 Å². The van der Waals surface area contributed by atoms with Gasteiger partial charge in [0.1, 0.15) is 28.6 Å². The summed E-state index contributed by atoms with van der Waals surface area (Å²) in [7, 11) is 1.86. The summed E-state index contributed by atoms with van der Waals surface area (Å²) in [6, 6.07) is 12.8. The average Bonchev–Trinajstić information content (AvgIpc) is 3.10. The fraction of sp³-hybridized carbons (Fsp3) is 0.320. The van der Waals surface area contributed by atoms with E-state index in [-0.39, 0.29) is 23.7 Å². The van der Waals surface area contributed by atoms with E-state index >= 15 is 0 Å². The number of aromatic amines is 1. The van der Waals surface area contributed by atoms with Crippen molar-refractivity contribution in [3.63, 3.8) is 0 Å². The third-order valence-electron chi connectivity index (χ3n) is 6.63. The second-order valence-corrected chi connectivity index (χ2v) is 8.82. The number of halogens is 2. The quantitative estimate of drug-likeness (QED) is 0.500. The van der Waals surface area contributed by atoms with E-state index in [1.54, 1.807) is 24.3 Å². The van der Waals surface area contributed by atoms with Crippen molar-refractivity contribution in [1.29, 1.82) is 0 Å². The minimum absolute atomic E-state index is 0.0250. The highest BCUT2D eigenvalue weighted by Gasteiger charge is 2.32. The van der Waals surface area contributed by atoms with Crippen molar-refractivity contribution < 1.29 is 8.78 Å². The van der Waals surface area contributed by atoms with Gasteiger partial charge in [0.25, 0.3) is 0 Å². The van der Waals surface area contributed by atoms with Gasteiger partial charge in [0.2, 0.25) is 0 Å². The van der Waals surface area contributed by atoms with Crippen molar-refractivity contribution in [3.8, 4) is 0 Å². The van der Waals surface area contributed by atoms with Crippen LogP contribution in [0.4, 0.5) is 14.6 Å². The molecule has 1 unspecified atom stereocenters. The van der Waals surface area contributed by atoms with Crippen LogP contribution in [-0.4, -0.2) is 50.1 Å². The van der Waals surface area contributed by atoms with Crippen molar-refractivity contribution in [1.82, 2.24) is 24.4 Å². The van der Waals surface area contributed by atoms with E-state index in [9.17, 15) is 13.6 Å². The van der Waals surface area contributed by atoms with Crippen molar-refractivity contribution in [2.24, 2.45) is 7.05 Å². The molecule has 1 aliphatic rings. The van der Waals surface area contributed by atoms with Crippen molar-refractivity contribution in [3.05, 3.63) is 87.6 Å².